The van der Waals surface area contributed by atoms with Gasteiger partial charge in [-0.05, 0) is 85.1 Å². The van der Waals surface area contributed by atoms with Gasteiger partial charge in [0.15, 0.2) is 0 Å². The Morgan fingerprint density at radius 2 is 1.72 bits per heavy atom. The van der Waals surface area contributed by atoms with Gasteiger partial charge in [-0.25, -0.2) is 0 Å². The molecule has 2 amide bonds. The highest BCUT2D eigenvalue weighted by atomic mass is 79.9. The quantitative estimate of drug-likeness (QED) is 0.538. The molecule has 0 unspecified atom stereocenters. The van der Waals surface area contributed by atoms with Gasteiger partial charge in [0.25, 0.3) is 11.1 Å². The van der Waals surface area contributed by atoms with Crippen LogP contribution < -0.4 is 0 Å². The number of carbonyl (C=O) groups is 2. The van der Waals surface area contributed by atoms with Gasteiger partial charge in [-0.1, -0.05) is 23.7 Å². The van der Waals surface area contributed by atoms with E-state index in [0.717, 1.165) is 17.3 Å². The van der Waals surface area contributed by atoms with Crippen LogP contribution in [0.5, 0.6) is 5.75 Å². The molecule has 1 heterocycles. The number of hydrogen-bond acceptors (Lipinski definition) is 4. The van der Waals surface area contributed by atoms with Crippen molar-refractivity contribution in [1.82, 2.24) is 4.90 Å². The summed E-state index contributed by atoms with van der Waals surface area (Å²) >= 11 is 13.2. The number of benzene rings is 2. The minimum atomic E-state index is -0.342. The smallest absolute Gasteiger partial charge is 0.293 e. The number of nitrogens with zero attached hydrogens (tertiary/aromatic N) is 1. The van der Waals surface area contributed by atoms with E-state index in [-0.39, 0.29) is 23.4 Å². The Bertz CT molecular complexity index is 876. The van der Waals surface area contributed by atoms with Crippen molar-refractivity contribution in [3.8, 4) is 5.75 Å². The normalized spacial score (nSPS) is 16.1. The Morgan fingerprint density at radius 3 is 2.32 bits per heavy atom. The molecule has 1 saturated heterocycles. The van der Waals surface area contributed by atoms with Crippen LogP contribution in [-0.2, 0) is 11.3 Å². The maximum absolute atomic E-state index is 12.5. The van der Waals surface area contributed by atoms with Gasteiger partial charge in [-0.3, -0.25) is 14.5 Å². The third-order valence-corrected chi connectivity index (χ3v) is 5.83. The molecule has 2 aromatic rings. The van der Waals surface area contributed by atoms with Gasteiger partial charge >= 0.3 is 0 Å². The second-order valence-corrected chi connectivity index (χ2v) is 8.37. The van der Waals surface area contributed by atoms with Crippen molar-refractivity contribution in [2.24, 2.45) is 0 Å². The van der Waals surface area contributed by atoms with Crippen molar-refractivity contribution in [3.63, 3.8) is 0 Å². The number of phenolic OH excluding ortho intramolecular Hbond substituents is 1. The third-order valence-electron chi connectivity index (χ3n) is 3.46. The molecule has 0 atom stereocenters. The number of imide groups is 1. The zero-order valence-electron chi connectivity index (χ0n) is 12.5. The number of carbonyl (C=O) groups excluding carboxylic acids is 2. The van der Waals surface area contributed by atoms with E-state index in [2.05, 4.69) is 31.9 Å². The first-order chi connectivity index (χ1) is 11.8. The van der Waals surface area contributed by atoms with Crippen molar-refractivity contribution in [3.05, 3.63) is 66.4 Å². The number of phenols is 1. The second-order valence-electron chi connectivity index (χ2n) is 5.23. The minimum absolute atomic E-state index is 0.0768. The van der Waals surface area contributed by atoms with Crippen molar-refractivity contribution in [2.75, 3.05) is 0 Å². The second kappa shape index (κ2) is 7.53. The summed E-state index contributed by atoms with van der Waals surface area (Å²) in [7, 11) is 0. The highest BCUT2D eigenvalue weighted by molar-refractivity contribution is 9.11. The molecule has 2 aromatic carbocycles. The molecular formula is C17H10Br2ClNO3S. The molecule has 1 aliphatic heterocycles. The summed E-state index contributed by atoms with van der Waals surface area (Å²) in [5.41, 5.74) is 1.51. The Hall–Kier alpha value is -1.28. The molecule has 0 aromatic heterocycles. The lowest BCUT2D eigenvalue weighted by Crippen LogP contribution is -2.27. The molecule has 4 nitrogen and oxygen atoms in total. The van der Waals surface area contributed by atoms with Crippen LogP contribution in [0.2, 0.25) is 5.02 Å². The minimum Gasteiger partial charge on any atom is -0.506 e. The van der Waals surface area contributed by atoms with E-state index in [1.165, 1.54) is 4.90 Å². The number of rotatable bonds is 3. The fourth-order valence-corrected chi connectivity index (χ4v) is 4.41. The van der Waals surface area contributed by atoms with Gasteiger partial charge in [-0.2, -0.15) is 0 Å². The number of thioether (sulfide) groups is 1. The topological polar surface area (TPSA) is 57.6 Å². The zero-order chi connectivity index (χ0) is 18.1. The van der Waals surface area contributed by atoms with E-state index in [4.69, 9.17) is 11.6 Å². The van der Waals surface area contributed by atoms with Crippen LogP contribution in [0, 0.1) is 0 Å². The first-order valence-electron chi connectivity index (χ1n) is 7.03. The number of halogens is 3. The Morgan fingerprint density at radius 1 is 1.12 bits per heavy atom. The average Bonchev–Trinajstić information content (AvgIpc) is 2.82. The molecule has 0 bridgehead atoms. The van der Waals surface area contributed by atoms with E-state index in [1.54, 1.807) is 42.5 Å². The monoisotopic (exact) mass is 501 g/mol. The molecule has 1 fully saturated rings. The van der Waals surface area contributed by atoms with Gasteiger partial charge in [0.05, 0.1) is 20.4 Å². The molecule has 0 spiro atoms. The van der Waals surface area contributed by atoms with E-state index in [1.807, 2.05) is 0 Å². The van der Waals surface area contributed by atoms with Crippen LogP contribution in [0.3, 0.4) is 0 Å². The Labute approximate surface area is 170 Å². The highest BCUT2D eigenvalue weighted by Crippen LogP contribution is 2.37. The van der Waals surface area contributed by atoms with E-state index >= 15 is 0 Å². The van der Waals surface area contributed by atoms with E-state index < -0.39 is 0 Å². The lowest BCUT2D eigenvalue weighted by atomic mass is 10.2. The van der Waals surface area contributed by atoms with Crippen molar-refractivity contribution >= 4 is 72.4 Å². The molecule has 25 heavy (non-hydrogen) atoms. The predicted octanol–water partition coefficient (Wildman–Crippen LogP) is 5.81. The maximum atomic E-state index is 12.5. The maximum Gasteiger partial charge on any atom is 0.293 e. The van der Waals surface area contributed by atoms with Gasteiger partial charge in [0.2, 0.25) is 0 Å². The van der Waals surface area contributed by atoms with Crippen LogP contribution in [0.1, 0.15) is 11.1 Å². The summed E-state index contributed by atoms with van der Waals surface area (Å²) in [5, 5.41) is 10.0. The molecule has 0 aliphatic carbocycles. The van der Waals surface area contributed by atoms with Crippen LogP contribution in [0.15, 0.2) is 50.2 Å². The fraction of sp³-hybridized carbons (Fsp3) is 0.0588. The number of amides is 2. The Balaban J connectivity index is 1.84. The van der Waals surface area contributed by atoms with E-state index in [9.17, 15) is 14.7 Å². The SMILES string of the molecule is O=C1S/C(=C\c2cc(Br)c(O)c(Br)c2)C(=O)N1Cc1ccc(Cl)cc1. The summed E-state index contributed by atoms with van der Waals surface area (Å²) < 4.78 is 0.988. The molecule has 1 N–H and O–H groups in total. The average molecular weight is 504 g/mol. The first-order valence-corrected chi connectivity index (χ1v) is 9.81. The van der Waals surface area contributed by atoms with Crippen LogP contribution >= 0.6 is 55.2 Å². The number of hydrogen-bond donors (Lipinski definition) is 1. The lowest BCUT2D eigenvalue weighted by Gasteiger charge is -2.12. The molecule has 1 aliphatic rings. The zero-order valence-corrected chi connectivity index (χ0v) is 17.2. The van der Waals surface area contributed by atoms with E-state index in [0.29, 0.717) is 24.4 Å². The molecule has 0 radical (unpaired) electrons. The summed E-state index contributed by atoms with van der Waals surface area (Å²) in [6.45, 7) is 0.197. The fourth-order valence-electron chi connectivity index (χ4n) is 2.23. The van der Waals surface area contributed by atoms with Gasteiger partial charge in [0.1, 0.15) is 5.75 Å². The summed E-state index contributed by atoms with van der Waals surface area (Å²) in [6, 6.07) is 10.3. The largest absolute Gasteiger partial charge is 0.506 e. The molecule has 8 heteroatoms. The molecule has 0 saturated carbocycles. The van der Waals surface area contributed by atoms with Crippen LogP contribution in [-0.4, -0.2) is 21.2 Å². The van der Waals surface area contributed by atoms with Gasteiger partial charge in [-0.15, -0.1) is 0 Å². The predicted molar refractivity (Wildman–Crippen MR) is 106 cm³/mol. The highest BCUT2D eigenvalue weighted by Gasteiger charge is 2.35. The standard InChI is InChI=1S/C17H10Br2ClNO3S/c18-12-5-10(6-13(19)15(12)22)7-14-16(23)21(17(24)25-14)8-9-1-3-11(20)4-2-9/h1-7,22H,8H2/b14-7-. The van der Waals surface area contributed by atoms with Crippen molar-refractivity contribution in [2.45, 2.75) is 6.54 Å². The number of aromatic hydroxyl groups is 1. The van der Waals surface area contributed by atoms with Crippen LogP contribution in [0.25, 0.3) is 6.08 Å². The molecule has 128 valence electrons. The molecular weight excluding hydrogens is 494 g/mol. The van der Waals surface area contributed by atoms with Crippen molar-refractivity contribution in [1.29, 1.82) is 0 Å². The van der Waals surface area contributed by atoms with Gasteiger partial charge < -0.3 is 5.11 Å². The van der Waals surface area contributed by atoms with Crippen LogP contribution in [0.4, 0.5) is 4.79 Å². The third kappa shape index (κ3) is 4.11. The van der Waals surface area contributed by atoms with Crippen molar-refractivity contribution < 1.29 is 14.7 Å². The Kier molecular flexibility index (Phi) is 5.58. The first kappa shape index (κ1) is 18.5. The molecule has 3 rings (SSSR count). The van der Waals surface area contributed by atoms with Gasteiger partial charge in [0, 0.05) is 5.02 Å². The summed E-state index contributed by atoms with van der Waals surface area (Å²) in [5.74, 6) is -0.265. The summed E-state index contributed by atoms with van der Waals surface area (Å²) in [4.78, 5) is 26.3. The lowest BCUT2D eigenvalue weighted by molar-refractivity contribution is -0.123. The summed E-state index contributed by atoms with van der Waals surface area (Å²) in [6.07, 6.45) is 1.63.